The SMILES string of the molecule is C[C@@H]1[C@H]2C[C@H](C/C2=N\Nc2nc(-c3ccc(Cl)cc3)cs2)C1(C)C. The fourth-order valence-corrected chi connectivity index (χ4v) is 4.99. The predicted octanol–water partition coefficient (Wildman–Crippen LogP) is 5.93. The molecule has 0 amide bonds. The molecule has 24 heavy (non-hydrogen) atoms. The molecule has 0 unspecified atom stereocenters. The first-order valence-electron chi connectivity index (χ1n) is 8.49. The van der Waals surface area contributed by atoms with Gasteiger partial charge >= 0.3 is 0 Å². The van der Waals surface area contributed by atoms with Gasteiger partial charge in [-0.25, -0.2) is 4.98 Å². The van der Waals surface area contributed by atoms with Gasteiger partial charge in [-0.2, -0.15) is 5.10 Å². The number of thiazole rings is 1. The molecule has 3 nitrogen and oxygen atoms in total. The van der Waals surface area contributed by atoms with E-state index in [2.05, 4.69) is 36.6 Å². The summed E-state index contributed by atoms with van der Waals surface area (Å²) >= 11 is 7.53. The standard InChI is InChI=1S/C19H22ClN3S/c1-11-15-8-13(19(11,2)3)9-16(15)22-23-18-21-17(10-24-18)12-4-6-14(20)7-5-12/h4-7,10-11,13,15H,8-9H2,1-3H3,(H,21,23)/b22-16+/t11-,13-,15-/m1/s1. The second kappa shape index (κ2) is 5.85. The van der Waals surface area contributed by atoms with Gasteiger partial charge in [-0.1, -0.05) is 44.5 Å². The minimum Gasteiger partial charge on any atom is -0.253 e. The molecule has 1 heterocycles. The van der Waals surface area contributed by atoms with Gasteiger partial charge in [-0.05, 0) is 42.2 Å². The zero-order valence-corrected chi connectivity index (χ0v) is 15.8. The van der Waals surface area contributed by atoms with E-state index in [1.807, 2.05) is 24.3 Å². The molecule has 4 rings (SSSR count). The first-order valence-corrected chi connectivity index (χ1v) is 9.75. The number of fused-ring (bicyclic) bond motifs is 2. The van der Waals surface area contributed by atoms with Crippen molar-refractivity contribution < 1.29 is 0 Å². The molecular weight excluding hydrogens is 338 g/mol. The topological polar surface area (TPSA) is 37.3 Å². The number of benzene rings is 1. The van der Waals surface area contributed by atoms with Crippen LogP contribution in [0.2, 0.25) is 5.02 Å². The molecule has 2 bridgehead atoms. The Bertz CT molecular complexity index is 774. The van der Waals surface area contributed by atoms with Gasteiger partial charge < -0.3 is 0 Å². The van der Waals surface area contributed by atoms with Crippen LogP contribution in [0, 0.1) is 23.2 Å². The Balaban J connectivity index is 1.47. The van der Waals surface area contributed by atoms with Gasteiger partial charge in [0.25, 0.3) is 0 Å². The fraction of sp³-hybridized carbons (Fsp3) is 0.474. The van der Waals surface area contributed by atoms with Crippen LogP contribution in [0.5, 0.6) is 0 Å². The number of aromatic nitrogens is 1. The Morgan fingerprint density at radius 1 is 1.29 bits per heavy atom. The lowest BCUT2D eigenvalue weighted by molar-refractivity contribution is 0.182. The lowest BCUT2D eigenvalue weighted by Crippen LogP contribution is -2.33. The molecule has 1 aromatic carbocycles. The van der Waals surface area contributed by atoms with Crippen molar-refractivity contribution in [2.24, 2.45) is 28.3 Å². The van der Waals surface area contributed by atoms with Crippen LogP contribution in [0.25, 0.3) is 11.3 Å². The van der Waals surface area contributed by atoms with Crippen LogP contribution in [-0.4, -0.2) is 10.7 Å². The van der Waals surface area contributed by atoms with Crippen LogP contribution in [0.15, 0.2) is 34.7 Å². The molecule has 3 atom stereocenters. The zero-order chi connectivity index (χ0) is 16.9. The summed E-state index contributed by atoms with van der Waals surface area (Å²) in [6.07, 6.45) is 2.42. The van der Waals surface area contributed by atoms with E-state index in [9.17, 15) is 0 Å². The van der Waals surface area contributed by atoms with Crippen molar-refractivity contribution in [3.05, 3.63) is 34.7 Å². The average Bonchev–Trinajstić information content (AvgIpc) is 3.23. The molecule has 5 heteroatoms. The summed E-state index contributed by atoms with van der Waals surface area (Å²) < 4.78 is 0. The fourth-order valence-electron chi connectivity index (χ4n) is 4.21. The van der Waals surface area contributed by atoms with E-state index in [4.69, 9.17) is 16.7 Å². The number of hydrazone groups is 1. The third-order valence-electron chi connectivity index (χ3n) is 6.19. The van der Waals surface area contributed by atoms with E-state index in [1.54, 1.807) is 11.3 Å². The number of hydrogen-bond acceptors (Lipinski definition) is 4. The highest BCUT2D eigenvalue weighted by atomic mass is 35.5. The maximum absolute atomic E-state index is 5.94. The summed E-state index contributed by atoms with van der Waals surface area (Å²) in [5.74, 6) is 2.12. The second-order valence-corrected chi connectivity index (χ2v) is 8.91. The normalized spacial score (nSPS) is 29.3. The van der Waals surface area contributed by atoms with Crippen LogP contribution in [0.3, 0.4) is 0 Å². The molecule has 1 N–H and O–H groups in total. The molecule has 2 aliphatic carbocycles. The number of anilines is 1. The Labute approximate surface area is 152 Å². The molecule has 1 aromatic heterocycles. The summed E-state index contributed by atoms with van der Waals surface area (Å²) in [6, 6.07) is 7.77. The van der Waals surface area contributed by atoms with Crippen LogP contribution < -0.4 is 5.43 Å². The zero-order valence-electron chi connectivity index (χ0n) is 14.2. The van der Waals surface area contributed by atoms with Gasteiger partial charge in [0.15, 0.2) is 0 Å². The van der Waals surface area contributed by atoms with Gasteiger partial charge in [0, 0.05) is 27.6 Å². The Hall–Kier alpha value is -1.39. The third kappa shape index (κ3) is 2.66. The monoisotopic (exact) mass is 359 g/mol. The van der Waals surface area contributed by atoms with Crippen molar-refractivity contribution in [1.29, 1.82) is 0 Å². The minimum atomic E-state index is 0.451. The van der Waals surface area contributed by atoms with E-state index >= 15 is 0 Å². The van der Waals surface area contributed by atoms with Crippen LogP contribution in [0.4, 0.5) is 5.13 Å². The van der Waals surface area contributed by atoms with Crippen LogP contribution in [0.1, 0.15) is 33.6 Å². The number of nitrogens with zero attached hydrogens (tertiary/aromatic N) is 2. The number of halogens is 1. The van der Waals surface area contributed by atoms with Crippen molar-refractivity contribution in [2.45, 2.75) is 33.6 Å². The van der Waals surface area contributed by atoms with Gasteiger partial charge in [0.05, 0.1) is 5.69 Å². The van der Waals surface area contributed by atoms with Crippen molar-refractivity contribution in [2.75, 3.05) is 5.43 Å². The predicted molar refractivity (Wildman–Crippen MR) is 103 cm³/mol. The molecule has 2 aromatic rings. The second-order valence-electron chi connectivity index (χ2n) is 7.61. The molecule has 2 fully saturated rings. The van der Waals surface area contributed by atoms with Gasteiger partial charge in [-0.3, -0.25) is 5.43 Å². The molecule has 0 saturated heterocycles. The summed E-state index contributed by atoms with van der Waals surface area (Å²) in [5, 5.41) is 8.35. The summed E-state index contributed by atoms with van der Waals surface area (Å²) in [4.78, 5) is 4.64. The number of hydrogen-bond donors (Lipinski definition) is 1. The average molecular weight is 360 g/mol. The summed E-state index contributed by atoms with van der Waals surface area (Å²) in [6.45, 7) is 7.19. The third-order valence-corrected chi connectivity index (χ3v) is 7.19. The lowest BCUT2D eigenvalue weighted by Gasteiger charge is -2.36. The van der Waals surface area contributed by atoms with E-state index in [0.29, 0.717) is 17.3 Å². The highest BCUT2D eigenvalue weighted by molar-refractivity contribution is 7.14. The van der Waals surface area contributed by atoms with E-state index in [0.717, 1.165) is 33.8 Å². The van der Waals surface area contributed by atoms with E-state index in [1.165, 1.54) is 12.1 Å². The Kier molecular flexibility index (Phi) is 3.92. The molecule has 2 aliphatic rings. The quantitative estimate of drug-likeness (QED) is 0.689. The highest BCUT2D eigenvalue weighted by Crippen LogP contribution is 2.57. The van der Waals surface area contributed by atoms with Crippen molar-refractivity contribution in [1.82, 2.24) is 4.98 Å². The van der Waals surface area contributed by atoms with E-state index in [-0.39, 0.29) is 0 Å². The number of nitrogens with one attached hydrogen (secondary N) is 1. The summed E-state index contributed by atoms with van der Waals surface area (Å²) in [7, 11) is 0. The highest BCUT2D eigenvalue weighted by Gasteiger charge is 2.53. The van der Waals surface area contributed by atoms with Crippen molar-refractivity contribution in [3.63, 3.8) is 0 Å². The van der Waals surface area contributed by atoms with Gasteiger partial charge in [0.1, 0.15) is 0 Å². The summed E-state index contributed by atoms with van der Waals surface area (Å²) in [5.41, 5.74) is 7.01. The molecule has 126 valence electrons. The van der Waals surface area contributed by atoms with Crippen molar-refractivity contribution >= 4 is 33.8 Å². The Morgan fingerprint density at radius 2 is 2.04 bits per heavy atom. The van der Waals surface area contributed by atoms with Crippen LogP contribution in [-0.2, 0) is 0 Å². The van der Waals surface area contributed by atoms with E-state index < -0.39 is 0 Å². The minimum absolute atomic E-state index is 0.451. The molecular formula is C19H22ClN3S. The molecule has 0 aliphatic heterocycles. The maximum Gasteiger partial charge on any atom is 0.203 e. The van der Waals surface area contributed by atoms with Crippen LogP contribution >= 0.6 is 22.9 Å². The van der Waals surface area contributed by atoms with Crippen molar-refractivity contribution in [3.8, 4) is 11.3 Å². The van der Waals surface area contributed by atoms with Gasteiger partial charge in [0.2, 0.25) is 5.13 Å². The van der Waals surface area contributed by atoms with Gasteiger partial charge in [-0.15, -0.1) is 11.3 Å². The molecule has 0 radical (unpaired) electrons. The number of rotatable bonds is 3. The Morgan fingerprint density at radius 3 is 2.71 bits per heavy atom. The molecule has 0 spiro atoms. The lowest BCUT2D eigenvalue weighted by atomic mass is 9.69. The smallest absolute Gasteiger partial charge is 0.203 e. The molecule has 2 saturated carbocycles. The first kappa shape index (κ1) is 16.1. The maximum atomic E-state index is 5.94. The largest absolute Gasteiger partial charge is 0.253 e. The first-order chi connectivity index (χ1) is 11.4.